The summed E-state index contributed by atoms with van der Waals surface area (Å²) < 4.78 is 1.91. The van der Waals surface area contributed by atoms with Gasteiger partial charge in [-0.15, -0.1) is 5.10 Å². The van der Waals surface area contributed by atoms with Gasteiger partial charge < -0.3 is 0 Å². The first-order valence-electron chi connectivity index (χ1n) is 6.04. The van der Waals surface area contributed by atoms with Gasteiger partial charge in [0, 0.05) is 0 Å². The van der Waals surface area contributed by atoms with Crippen molar-refractivity contribution in [2.75, 3.05) is 0 Å². The molecule has 0 saturated heterocycles. The van der Waals surface area contributed by atoms with Gasteiger partial charge in [0.05, 0.1) is 22.1 Å². The lowest BCUT2D eigenvalue weighted by atomic mass is 10.2. The van der Waals surface area contributed by atoms with Crippen LogP contribution in [0.15, 0.2) is 24.3 Å². The van der Waals surface area contributed by atoms with Crippen molar-refractivity contribution in [1.82, 2.24) is 15.0 Å². The van der Waals surface area contributed by atoms with Crippen molar-refractivity contribution in [2.24, 2.45) is 0 Å². The maximum Gasteiger partial charge on any atom is 0.0863 e. The summed E-state index contributed by atoms with van der Waals surface area (Å²) >= 11 is 6.21. The lowest BCUT2D eigenvalue weighted by Crippen LogP contribution is -2.03. The van der Waals surface area contributed by atoms with Gasteiger partial charge >= 0.3 is 0 Å². The predicted molar refractivity (Wildman–Crippen MR) is 67.6 cm³/mol. The van der Waals surface area contributed by atoms with Crippen molar-refractivity contribution in [3.63, 3.8) is 0 Å². The van der Waals surface area contributed by atoms with Crippen molar-refractivity contribution in [2.45, 2.75) is 32.1 Å². The van der Waals surface area contributed by atoms with Gasteiger partial charge in [-0.3, -0.25) is 0 Å². The van der Waals surface area contributed by atoms with Gasteiger partial charge in [0.1, 0.15) is 0 Å². The molecular formula is C13H14ClN3. The zero-order chi connectivity index (χ0) is 11.7. The van der Waals surface area contributed by atoms with Gasteiger partial charge in [0.2, 0.25) is 0 Å². The van der Waals surface area contributed by atoms with Crippen LogP contribution < -0.4 is 0 Å². The Hall–Kier alpha value is -1.35. The summed E-state index contributed by atoms with van der Waals surface area (Å²) in [5.41, 5.74) is 3.31. The van der Waals surface area contributed by atoms with E-state index in [9.17, 15) is 0 Å². The fourth-order valence-corrected chi connectivity index (χ4v) is 2.57. The summed E-state index contributed by atoms with van der Waals surface area (Å²) in [4.78, 5) is 0. The Morgan fingerprint density at radius 2 is 1.88 bits per heavy atom. The Balaban J connectivity index is 2.10. The highest BCUT2D eigenvalue weighted by Gasteiger charge is 2.17. The van der Waals surface area contributed by atoms with E-state index in [1.165, 1.54) is 25.0 Å². The molecule has 3 nitrogen and oxygen atoms in total. The molecule has 0 spiro atoms. The molecule has 0 fully saturated rings. The maximum absolute atomic E-state index is 6.21. The summed E-state index contributed by atoms with van der Waals surface area (Å²) in [7, 11) is 0. The van der Waals surface area contributed by atoms with Crippen molar-refractivity contribution < 1.29 is 0 Å². The predicted octanol–water partition coefficient (Wildman–Crippen LogP) is 3.19. The number of benzene rings is 1. The molecule has 2 aromatic rings. The van der Waals surface area contributed by atoms with E-state index in [1.807, 2.05) is 28.9 Å². The molecule has 0 aliphatic heterocycles. The average Bonchev–Trinajstić information content (AvgIpc) is 2.59. The van der Waals surface area contributed by atoms with Gasteiger partial charge in [-0.2, -0.15) is 0 Å². The molecule has 4 heteroatoms. The normalized spacial score (nSPS) is 15.4. The van der Waals surface area contributed by atoms with Crippen molar-refractivity contribution in [1.29, 1.82) is 0 Å². The molecular weight excluding hydrogens is 234 g/mol. The van der Waals surface area contributed by atoms with Crippen LogP contribution in [0.1, 0.15) is 30.7 Å². The molecule has 1 aromatic heterocycles. The SMILES string of the molecule is Clc1ccccc1-n1nnc2c1CCCCC2. The molecule has 17 heavy (non-hydrogen) atoms. The topological polar surface area (TPSA) is 30.7 Å². The van der Waals surface area contributed by atoms with Crippen LogP contribution in [-0.2, 0) is 12.8 Å². The van der Waals surface area contributed by atoms with E-state index in [0.717, 1.165) is 29.2 Å². The highest BCUT2D eigenvalue weighted by Crippen LogP contribution is 2.25. The third kappa shape index (κ3) is 1.95. The number of rotatable bonds is 1. The lowest BCUT2D eigenvalue weighted by molar-refractivity contribution is 0.670. The smallest absolute Gasteiger partial charge is 0.0863 e. The highest BCUT2D eigenvalue weighted by atomic mass is 35.5. The first kappa shape index (κ1) is 10.8. The van der Waals surface area contributed by atoms with Gasteiger partial charge in [-0.1, -0.05) is 35.4 Å². The van der Waals surface area contributed by atoms with Crippen LogP contribution in [0, 0.1) is 0 Å². The second-order valence-corrected chi connectivity index (χ2v) is 4.81. The van der Waals surface area contributed by atoms with Crippen LogP contribution in [0.25, 0.3) is 5.69 Å². The molecule has 0 unspecified atom stereocenters. The van der Waals surface area contributed by atoms with Crippen LogP contribution in [0.4, 0.5) is 0 Å². The average molecular weight is 248 g/mol. The fraction of sp³-hybridized carbons (Fsp3) is 0.385. The monoisotopic (exact) mass is 247 g/mol. The number of halogens is 1. The van der Waals surface area contributed by atoms with E-state index in [0.29, 0.717) is 0 Å². The highest BCUT2D eigenvalue weighted by molar-refractivity contribution is 6.32. The zero-order valence-electron chi connectivity index (χ0n) is 9.56. The Morgan fingerprint density at radius 3 is 2.76 bits per heavy atom. The molecule has 1 heterocycles. The van der Waals surface area contributed by atoms with E-state index in [2.05, 4.69) is 10.3 Å². The van der Waals surface area contributed by atoms with E-state index >= 15 is 0 Å². The van der Waals surface area contributed by atoms with Crippen LogP contribution >= 0.6 is 11.6 Å². The summed E-state index contributed by atoms with van der Waals surface area (Å²) in [5.74, 6) is 0. The third-order valence-electron chi connectivity index (χ3n) is 3.25. The van der Waals surface area contributed by atoms with Crippen LogP contribution in [0.3, 0.4) is 0 Å². The minimum absolute atomic E-state index is 0.726. The minimum Gasteiger partial charge on any atom is -0.216 e. The first-order chi connectivity index (χ1) is 8.36. The Kier molecular flexibility index (Phi) is 2.85. The summed E-state index contributed by atoms with van der Waals surface area (Å²) in [6.07, 6.45) is 5.80. The number of fused-ring (bicyclic) bond motifs is 1. The molecule has 0 atom stereocenters. The summed E-state index contributed by atoms with van der Waals surface area (Å²) in [6.45, 7) is 0. The standard InChI is InChI=1S/C13H14ClN3/c14-10-6-4-5-8-12(10)17-13-9-3-1-2-7-11(13)15-16-17/h4-6,8H,1-3,7,9H2. The molecule has 3 rings (SSSR count). The number of hydrogen-bond donors (Lipinski definition) is 0. The van der Waals surface area contributed by atoms with Crippen LogP contribution in [0.5, 0.6) is 0 Å². The molecule has 0 bridgehead atoms. The molecule has 0 saturated carbocycles. The van der Waals surface area contributed by atoms with Crippen LogP contribution in [0.2, 0.25) is 5.02 Å². The summed E-state index contributed by atoms with van der Waals surface area (Å²) in [6, 6.07) is 7.79. The van der Waals surface area contributed by atoms with Crippen molar-refractivity contribution >= 4 is 11.6 Å². The van der Waals surface area contributed by atoms with Crippen LogP contribution in [-0.4, -0.2) is 15.0 Å². The first-order valence-corrected chi connectivity index (χ1v) is 6.42. The third-order valence-corrected chi connectivity index (χ3v) is 3.57. The Labute approximate surface area is 105 Å². The second kappa shape index (κ2) is 4.49. The molecule has 1 aliphatic rings. The number of para-hydroxylation sites is 1. The minimum atomic E-state index is 0.726. The maximum atomic E-state index is 6.21. The van der Waals surface area contributed by atoms with E-state index in [-0.39, 0.29) is 0 Å². The molecule has 0 N–H and O–H groups in total. The van der Waals surface area contributed by atoms with Crippen molar-refractivity contribution in [3.8, 4) is 5.69 Å². The number of aryl methyl sites for hydroxylation is 1. The van der Waals surface area contributed by atoms with Gasteiger partial charge in [-0.25, -0.2) is 4.68 Å². The second-order valence-electron chi connectivity index (χ2n) is 4.41. The van der Waals surface area contributed by atoms with E-state index in [4.69, 9.17) is 11.6 Å². The summed E-state index contributed by atoms with van der Waals surface area (Å²) in [5, 5.41) is 9.27. The molecule has 1 aliphatic carbocycles. The zero-order valence-corrected chi connectivity index (χ0v) is 10.3. The molecule has 1 aromatic carbocycles. The molecule has 88 valence electrons. The number of nitrogens with zero attached hydrogens (tertiary/aromatic N) is 3. The quantitative estimate of drug-likeness (QED) is 0.725. The molecule has 0 radical (unpaired) electrons. The lowest BCUT2D eigenvalue weighted by Gasteiger charge is -2.07. The Bertz CT molecular complexity index is 533. The Morgan fingerprint density at radius 1 is 1.06 bits per heavy atom. The fourth-order valence-electron chi connectivity index (χ4n) is 2.36. The van der Waals surface area contributed by atoms with Gasteiger partial charge in [0.15, 0.2) is 0 Å². The largest absolute Gasteiger partial charge is 0.216 e. The van der Waals surface area contributed by atoms with E-state index < -0.39 is 0 Å². The van der Waals surface area contributed by atoms with Gasteiger partial charge in [-0.05, 0) is 37.8 Å². The van der Waals surface area contributed by atoms with Crippen molar-refractivity contribution in [3.05, 3.63) is 40.7 Å². The van der Waals surface area contributed by atoms with E-state index in [1.54, 1.807) is 0 Å². The van der Waals surface area contributed by atoms with Gasteiger partial charge in [0.25, 0.3) is 0 Å². The molecule has 0 amide bonds. The number of aromatic nitrogens is 3. The number of hydrogen-bond acceptors (Lipinski definition) is 2.